The molecule has 4 heteroatoms. The van der Waals surface area contributed by atoms with Gasteiger partial charge in [-0.3, -0.25) is 0 Å². The number of hydrogen-bond acceptors (Lipinski definition) is 4. The average molecular weight is 251 g/mol. The highest BCUT2D eigenvalue weighted by molar-refractivity contribution is 7.99. The van der Waals surface area contributed by atoms with Crippen LogP contribution in [-0.4, -0.2) is 35.6 Å². The summed E-state index contributed by atoms with van der Waals surface area (Å²) in [7, 11) is 0. The van der Waals surface area contributed by atoms with Gasteiger partial charge in [-0.1, -0.05) is 0 Å². The lowest BCUT2D eigenvalue weighted by Gasteiger charge is -2.22. The first-order valence-electron chi connectivity index (χ1n) is 6.32. The summed E-state index contributed by atoms with van der Waals surface area (Å²) in [5.74, 6) is 3.60. The third-order valence-electron chi connectivity index (χ3n) is 3.00. The predicted octanol–water partition coefficient (Wildman–Crippen LogP) is 2.29. The minimum atomic E-state index is 0.725. The zero-order chi connectivity index (χ0) is 11.9. The van der Waals surface area contributed by atoms with Crippen molar-refractivity contribution >= 4 is 17.6 Å². The van der Waals surface area contributed by atoms with E-state index >= 15 is 0 Å². The molecule has 94 valence electrons. The van der Waals surface area contributed by atoms with Crippen LogP contribution in [0.1, 0.15) is 18.4 Å². The lowest BCUT2D eigenvalue weighted by Crippen LogP contribution is -2.35. The number of aryl methyl sites for hydroxylation is 1. The molecule has 0 unspecified atom stereocenters. The van der Waals surface area contributed by atoms with Crippen LogP contribution < -0.4 is 10.6 Å². The van der Waals surface area contributed by atoms with Crippen molar-refractivity contribution in [1.29, 1.82) is 0 Å². The molecule has 1 saturated heterocycles. The van der Waals surface area contributed by atoms with Crippen LogP contribution in [0, 0.1) is 6.92 Å². The molecule has 17 heavy (non-hydrogen) atoms. The summed E-state index contributed by atoms with van der Waals surface area (Å²) in [5.41, 5.74) is 1.25. The standard InChI is InChI=1S/C13H21N3S/c1-11-2-5-15-13(10-11)16-7-6-14-12-3-8-17-9-4-12/h2,5,10,12,14H,3-4,6-9H2,1H3,(H,15,16). The van der Waals surface area contributed by atoms with E-state index in [-0.39, 0.29) is 0 Å². The van der Waals surface area contributed by atoms with Crippen LogP contribution in [0.4, 0.5) is 5.82 Å². The molecule has 1 aromatic heterocycles. The van der Waals surface area contributed by atoms with E-state index in [1.165, 1.54) is 29.9 Å². The third-order valence-corrected chi connectivity index (χ3v) is 4.05. The Balaban J connectivity index is 1.62. The van der Waals surface area contributed by atoms with Crippen molar-refractivity contribution < 1.29 is 0 Å². The third kappa shape index (κ3) is 4.56. The monoisotopic (exact) mass is 251 g/mol. The lowest BCUT2D eigenvalue weighted by atomic mass is 10.1. The normalized spacial score (nSPS) is 17.0. The van der Waals surface area contributed by atoms with E-state index < -0.39 is 0 Å². The predicted molar refractivity (Wildman–Crippen MR) is 75.8 cm³/mol. The first kappa shape index (κ1) is 12.7. The summed E-state index contributed by atoms with van der Waals surface area (Å²) < 4.78 is 0. The van der Waals surface area contributed by atoms with Crippen LogP contribution >= 0.6 is 11.8 Å². The molecule has 1 fully saturated rings. The highest BCUT2D eigenvalue weighted by atomic mass is 32.2. The molecule has 0 atom stereocenters. The van der Waals surface area contributed by atoms with Gasteiger partial charge in [0.25, 0.3) is 0 Å². The van der Waals surface area contributed by atoms with Gasteiger partial charge in [0.05, 0.1) is 0 Å². The van der Waals surface area contributed by atoms with Crippen LogP contribution in [0.25, 0.3) is 0 Å². The van der Waals surface area contributed by atoms with Crippen molar-refractivity contribution in [3.63, 3.8) is 0 Å². The molecule has 1 aliphatic rings. The average Bonchev–Trinajstić information content (AvgIpc) is 2.36. The SMILES string of the molecule is Cc1ccnc(NCCNC2CCSCC2)c1. The van der Waals surface area contributed by atoms with Crippen molar-refractivity contribution in [2.24, 2.45) is 0 Å². The maximum Gasteiger partial charge on any atom is 0.126 e. The fourth-order valence-electron chi connectivity index (χ4n) is 2.00. The molecule has 0 saturated carbocycles. The topological polar surface area (TPSA) is 37.0 Å². The molecule has 2 rings (SSSR count). The van der Waals surface area contributed by atoms with Gasteiger partial charge in [-0.15, -0.1) is 0 Å². The maximum atomic E-state index is 4.28. The van der Waals surface area contributed by atoms with Crippen molar-refractivity contribution in [2.45, 2.75) is 25.8 Å². The molecular weight excluding hydrogens is 230 g/mol. The van der Waals surface area contributed by atoms with Crippen molar-refractivity contribution in [3.05, 3.63) is 23.9 Å². The Kier molecular flexibility index (Phi) is 5.13. The van der Waals surface area contributed by atoms with Crippen LogP contribution in [0.5, 0.6) is 0 Å². The molecule has 0 aliphatic carbocycles. The van der Waals surface area contributed by atoms with Gasteiger partial charge in [-0.25, -0.2) is 4.98 Å². The summed E-state index contributed by atoms with van der Waals surface area (Å²) in [5, 5.41) is 6.95. The van der Waals surface area contributed by atoms with Gasteiger partial charge in [-0.2, -0.15) is 11.8 Å². The molecular formula is C13H21N3S. The van der Waals surface area contributed by atoms with Crippen molar-refractivity contribution in [1.82, 2.24) is 10.3 Å². The molecule has 0 spiro atoms. The van der Waals surface area contributed by atoms with Gasteiger partial charge in [0.15, 0.2) is 0 Å². The van der Waals surface area contributed by atoms with Gasteiger partial charge < -0.3 is 10.6 Å². The molecule has 1 aromatic rings. The fraction of sp³-hybridized carbons (Fsp3) is 0.615. The number of rotatable bonds is 5. The van der Waals surface area contributed by atoms with E-state index in [0.717, 1.165) is 24.9 Å². The Morgan fingerprint density at radius 3 is 2.94 bits per heavy atom. The van der Waals surface area contributed by atoms with Gasteiger partial charge in [-0.05, 0) is 49.0 Å². The van der Waals surface area contributed by atoms with Crippen molar-refractivity contribution in [2.75, 3.05) is 29.9 Å². The Bertz CT molecular complexity index is 337. The van der Waals surface area contributed by atoms with Crippen LogP contribution in [0.3, 0.4) is 0 Å². The highest BCUT2D eigenvalue weighted by Gasteiger charge is 2.11. The van der Waals surface area contributed by atoms with E-state index in [0.29, 0.717) is 0 Å². The quantitative estimate of drug-likeness (QED) is 0.787. The molecule has 0 radical (unpaired) electrons. The molecule has 0 bridgehead atoms. The Morgan fingerprint density at radius 2 is 2.18 bits per heavy atom. The summed E-state index contributed by atoms with van der Waals surface area (Å²) in [6, 6.07) is 4.82. The fourth-order valence-corrected chi connectivity index (χ4v) is 3.11. The van der Waals surface area contributed by atoms with Gasteiger partial charge in [0, 0.05) is 25.3 Å². The van der Waals surface area contributed by atoms with Gasteiger partial charge in [0.1, 0.15) is 5.82 Å². The second-order valence-corrected chi connectivity index (χ2v) is 5.71. The minimum Gasteiger partial charge on any atom is -0.369 e. The first-order valence-corrected chi connectivity index (χ1v) is 7.48. The van der Waals surface area contributed by atoms with Crippen molar-refractivity contribution in [3.8, 4) is 0 Å². The Hall–Kier alpha value is -0.740. The van der Waals surface area contributed by atoms with Gasteiger partial charge >= 0.3 is 0 Å². The van der Waals surface area contributed by atoms with E-state index in [4.69, 9.17) is 0 Å². The smallest absolute Gasteiger partial charge is 0.126 e. The zero-order valence-corrected chi connectivity index (χ0v) is 11.2. The lowest BCUT2D eigenvalue weighted by molar-refractivity contribution is 0.492. The molecule has 0 aromatic carbocycles. The number of nitrogens with one attached hydrogen (secondary N) is 2. The summed E-state index contributed by atoms with van der Waals surface area (Å²) in [6.45, 7) is 4.05. The second-order valence-electron chi connectivity index (χ2n) is 4.49. The summed E-state index contributed by atoms with van der Waals surface area (Å²) in [6.07, 6.45) is 4.48. The molecule has 0 amide bonds. The molecule has 2 N–H and O–H groups in total. The number of hydrogen-bond donors (Lipinski definition) is 2. The van der Waals surface area contributed by atoms with Crippen LogP contribution in [-0.2, 0) is 0 Å². The molecule has 1 aliphatic heterocycles. The summed E-state index contributed by atoms with van der Waals surface area (Å²) >= 11 is 2.07. The first-order chi connectivity index (χ1) is 8.34. The number of anilines is 1. The largest absolute Gasteiger partial charge is 0.369 e. The second kappa shape index (κ2) is 6.87. The number of thioether (sulfide) groups is 1. The van der Waals surface area contributed by atoms with E-state index in [1.54, 1.807) is 0 Å². The number of nitrogens with zero attached hydrogens (tertiary/aromatic N) is 1. The maximum absolute atomic E-state index is 4.28. The van der Waals surface area contributed by atoms with E-state index in [1.807, 2.05) is 12.3 Å². The van der Waals surface area contributed by atoms with E-state index in [2.05, 4.69) is 40.4 Å². The van der Waals surface area contributed by atoms with Crippen LogP contribution in [0.15, 0.2) is 18.3 Å². The number of aromatic nitrogens is 1. The molecule has 2 heterocycles. The zero-order valence-electron chi connectivity index (χ0n) is 10.4. The number of pyridine rings is 1. The summed E-state index contributed by atoms with van der Waals surface area (Å²) in [4.78, 5) is 4.28. The Morgan fingerprint density at radius 1 is 1.35 bits per heavy atom. The van der Waals surface area contributed by atoms with Gasteiger partial charge in [0.2, 0.25) is 0 Å². The minimum absolute atomic E-state index is 0.725. The van der Waals surface area contributed by atoms with E-state index in [9.17, 15) is 0 Å². The highest BCUT2D eigenvalue weighted by Crippen LogP contribution is 2.16. The van der Waals surface area contributed by atoms with Crippen LogP contribution in [0.2, 0.25) is 0 Å². The molecule has 3 nitrogen and oxygen atoms in total. The Labute approximate surface area is 108 Å².